The van der Waals surface area contributed by atoms with Crippen LogP contribution in [0.5, 0.6) is 0 Å². The van der Waals surface area contributed by atoms with E-state index in [-0.39, 0.29) is 12.2 Å². The van der Waals surface area contributed by atoms with E-state index in [1.807, 2.05) is 12.1 Å². The first kappa shape index (κ1) is 27.0. The summed E-state index contributed by atoms with van der Waals surface area (Å²) in [4.78, 5) is 16.3. The molecule has 10 heteroatoms. The Morgan fingerprint density at radius 2 is 1.57 bits per heavy atom. The van der Waals surface area contributed by atoms with Crippen LogP contribution >= 0.6 is 11.6 Å². The Morgan fingerprint density at radius 3 is 2.16 bits per heavy atom. The summed E-state index contributed by atoms with van der Waals surface area (Å²) in [6.07, 6.45) is -4.81. The van der Waals surface area contributed by atoms with Gasteiger partial charge in [-0.1, -0.05) is 35.9 Å². The molecule has 0 bridgehead atoms. The van der Waals surface area contributed by atoms with E-state index in [2.05, 4.69) is 4.90 Å². The Hall–Kier alpha value is -3.01. The number of benzene rings is 3. The molecule has 4 rings (SSSR count). The minimum absolute atomic E-state index is 0.105. The lowest BCUT2D eigenvalue weighted by Gasteiger charge is -2.36. The number of piperazine rings is 1. The molecule has 196 valence electrons. The van der Waals surface area contributed by atoms with Gasteiger partial charge in [0.05, 0.1) is 23.8 Å². The number of ether oxygens (including phenoxy) is 1. The predicted molar refractivity (Wildman–Crippen MR) is 129 cm³/mol. The van der Waals surface area contributed by atoms with E-state index < -0.39 is 35.4 Å². The van der Waals surface area contributed by atoms with E-state index in [1.165, 1.54) is 17.0 Å². The van der Waals surface area contributed by atoms with Gasteiger partial charge in [-0.3, -0.25) is 9.69 Å². The first-order valence-electron chi connectivity index (χ1n) is 11.6. The average molecular weight is 539 g/mol. The third-order valence-electron chi connectivity index (χ3n) is 6.22. The molecule has 0 saturated carbocycles. The van der Waals surface area contributed by atoms with E-state index >= 15 is 0 Å². The van der Waals surface area contributed by atoms with Gasteiger partial charge in [0.1, 0.15) is 11.6 Å². The van der Waals surface area contributed by atoms with Crippen molar-refractivity contribution in [3.8, 4) is 0 Å². The van der Waals surface area contributed by atoms with E-state index in [1.54, 1.807) is 12.1 Å². The third kappa shape index (κ3) is 7.06. The predicted octanol–water partition coefficient (Wildman–Crippen LogP) is 6.35. The molecular weight excluding hydrogens is 515 g/mol. The number of carbonyl (C=O) groups is 1. The number of carbonyl (C=O) groups excluding carboxylic acids is 1. The Labute approximate surface area is 216 Å². The number of halogens is 6. The van der Waals surface area contributed by atoms with Crippen LogP contribution in [0.3, 0.4) is 0 Å². The third-order valence-corrected chi connectivity index (χ3v) is 6.47. The molecule has 1 fully saturated rings. The largest absolute Gasteiger partial charge is 0.416 e. The SMILES string of the molecule is O=C(c1ccc(F)cc1F)N1CCN(C[C@@H](OCc2ccc(C(F)(F)F)cc2)c2ccc(Cl)cc2)CC1. The molecule has 0 spiro atoms. The van der Waals surface area contributed by atoms with Crippen LogP contribution in [0, 0.1) is 11.6 Å². The lowest BCUT2D eigenvalue weighted by molar-refractivity contribution is -0.137. The van der Waals surface area contributed by atoms with Crippen LogP contribution in [0.4, 0.5) is 22.0 Å². The van der Waals surface area contributed by atoms with Crippen molar-refractivity contribution in [2.24, 2.45) is 0 Å². The van der Waals surface area contributed by atoms with E-state index in [9.17, 15) is 26.7 Å². The molecule has 0 N–H and O–H groups in total. The first-order chi connectivity index (χ1) is 17.6. The van der Waals surface area contributed by atoms with Crippen molar-refractivity contribution >= 4 is 17.5 Å². The van der Waals surface area contributed by atoms with Crippen molar-refractivity contribution in [1.82, 2.24) is 9.80 Å². The van der Waals surface area contributed by atoms with Crippen molar-refractivity contribution < 1.29 is 31.5 Å². The van der Waals surface area contributed by atoms with Crippen molar-refractivity contribution in [3.05, 3.63) is 106 Å². The maximum Gasteiger partial charge on any atom is 0.416 e. The van der Waals surface area contributed by atoms with Gasteiger partial charge in [0.15, 0.2) is 0 Å². The summed E-state index contributed by atoms with van der Waals surface area (Å²) in [6.45, 7) is 2.28. The minimum atomic E-state index is -4.41. The van der Waals surface area contributed by atoms with Crippen molar-refractivity contribution in [2.45, 2.75) is 18.9 Å². The molecule has 1 aliphatic heterocycles. The molecule has 1 atom stereocenters. The molecule has 1 amide bonds. The summed E-state index contributed by atoms with van der Waals surface area (Å²) in [7, 11) is 0. The highest BCUT2D eigenvalue weighted by atomic mass is 35.5. The quantitative estimate of drug-likeness (QED) is 0.329. The van der Waals surface area contributed by atoms with Crippen molar-refractivity contribution in [2.75, 3.05) is 32.7 Å². The van der Waals surface area contributed by atoms with Gasteiger partial charge in [0.25, 0.3) is 5.91 Å². The zero-order valence-corrected chi connectivity index (χ0v) is 20.4. The van der Waals surface area contributed by atoms with Crippen molar-refractivity contribution in [3.63, 3.8) is 0 Å². The lowest BCUT2D eigenvalue weighted by Crippen LogP contribution is -2.49. The molecule has 0 unspecified atom stereocenters. The minimum Gasteiger partial charge on any atom is -0.368 e. The topological polar surface area (TPSA) is 32.8 Å². The highest BCUT2D eigenvalue weighted by Gasteiger charge is 2.30. The fourth-order valence-electron chi connectivity index (χ4n) is 4.12. The maximum atomic E-state index is 14.0. The van der Waals surface area contributed by atoms with Gasteiger partial charge in [0, 0.05) is 43.8 Å². The van der Waals surface area contributed by atoms with E-state index in [0.29, 0.717) is 49.4 Å². The highest BCUT2D eigenvalue weighted by Crippen LogP contribution is 2.30. The molecular formula is C27H24ClF5N2O2. The van der Waals surface area contributed by atoms with Gasteiger partial charge in [0.2, 0.25) is 0 Å². The first-order valence-corrected chi connectivity index (χ1v) is 12.0. The molecule has 1 heterocycles. The Balaban J connectivity index is 1.39. The molecule has 3 aromatic rings. The van der Waals surface area contributed by atoms with Gasteiger partial charge >= 0.3 is 6.18 Å². The van der Waals surface area contributed by atoms with Crippen LogP contribution in [-0.2, 0) is 17.5 Å². The second-order valence-electron chi connectivity index (χ2n) is 8.76. The molecule has 1 saturated heterocycles. The molecule has 1 aliphatic rings. The van der Waals surface area contributed by atoms with Gasteiger partial charge in [-0.2, -0.15) is 13.2 Å². The van der Waals surface area contributed by atoms with Crippen LogP contribution in [0.15, 0.2) is 66.7 Å². The summed E-state index contributed by atoms with van der Waals surface area (Å²) in [5, 5.41) is 0.561. The summed E-state index contributed by atoms with van der Waals surface area (Å²) in [5.74, 6) is -2.14. The zero-order valence-electron chi connectivity index (χ0n) is 19.6. The number of hydrogen-bond donors (Lipinski definition) is 0. The average Bonchev–Trinajstić information content (AvgIpc) is 2.87. The molecule has 0 radical (unpaired) electrons. The summed E-state index contributed by atoms with van der Waals surface area (Å²) in [6, 6.07) is 14.8. The monoisotopic (exact) mass is 538 g/mol. The van der Waals surface area contributed by atoms with Crippen molar-refractivity contribution in [1.29, 1.82) is 0 Å². The number of alkyl halides is 3. The van der Waals surface area contributed by atoms with E-state index in [0.717, 1.165) is 29.8 Å². The van der Waals surface area contributed by atoms with Crippen LogP contribution < -0.4 is 0 Å². The molecule has 4 nitrogen and oxygen atoms in total. The molecule has 0 aliphatic carbocycles. The molecule has 3 aromatic carbocycles. The van der Waals surface area contributed by atoms with Gasteiger partial charge in [-0.15, -0.1) is 0 Å². The molecule has 0 aromatic heterocycles. The van der Waals surface area contributed by atoms with Crippen LogP contribution in [0.25, 0.3) is 0 Å². The lowest BCUT2D eigenvalue weighted by atomic mass is 10.1. The van der Waals surface area contributed by atoms with Crippen LogP contribution in [0.2, 0.25) is 5.02 Å². The highest BCUT2D eigenvalue weighted by molar-refractivity contribution is 6.30. The maximum absolute atomic E-state index is 14.0. The molecule has 37 heavy (non-hydrogen) atoms. The number of amides is 1. The number of hydrogen-bond acceptors (Lipinski definition) is 3. The smallest absolute Gasteiger partial charge is 0.368 e. The Kier molecular flexibility index (Phi) is 8.46. The Bertz CT molecular complexity index is 1210. The van der Waals surface area contributed by atoms with Gasteiger partial charge in [-0.05, 0) is 47.5 Å². The fourth-order valence-corrected chi connectivity index (χ4v) is 4.25. The van der Waals surface area contributed by atoms with Gasteiger partial charge in [-0.25, -0.2) is 8.78 Å². The summed E-state index contributed by atoms with van der Waals surface area (Å²) >= 11 is 6.02. The summed E-state index contributed by atoms with van der Waals surface area (Å²) in [5.41, 5.74) is 0.555. The normalized spacial score (nSPS) is 15.6. The van der Waals surface area contributed by atoms with Crippen LogP contribution in [-0.4, -0.2) is 48.4 Å². The second-order valence-corrected chi connectivity index (χ2v) is 9.20. The fraction of sp³-hybridized carbons (Fsp3) is 0.296. The standard InChI is InChI=1S/C27H24ClF5N2O2/c28-21-7-3-19(4-8-21)25(37-17-18-1-5-20(6-2-18)27(31,32)33)16-34-11-13-35(14-12-34)26(36)23-10-9-22(29)15-24(23)30/h1-10,15,25H,11-14,16-17H2/t25-/m1/s1. The number of nitrogens with zero attached hydrogens (tertiary/aromatic N) is 2. The number of rotatable bonds is 7. The van der Waals surface area contributed by atoms with Crippen LogP contribution in [0.1, 0.15) is 33.2 Å². The van der Waals surface area contributed by atoms with E-state index in [4.69, 9.17) is 16.3 Å². The summed E-state index contributed by atoms with van der Waals surface area (Å²) < 4.78 is 71.9. The second kappa shape index (κ2) is 11.6. The zero-order chi connectivity index (χ0) is 26.6. The van der Waals surface area contributed by atoms with Gasteiger partial charge < -0.3 is 9.64 Å². The Morgan fingerprint density at radius 1 is 0.919 bits per heavy atom.